The van der Waals surface area contributed by atoms with E-state index in [-0.39, 0.29) is 17.1 Å². The molecule has 0 atom stereocenters. The van der Waals surface area contributed by atoms with Crippen molar-refractivity contribution in [3.8, 4) is 0 Å². The Kier molecular flexibility index (Phi) is 3.93. The minimum Gasteiger partial charge on any atom is -0.282 e. The van der Waals surface area contributed by atoms with E-state index >= 15 is 0 Å². The molecule has 0 aliphatic rings. The van der Waals surface area contributed by atoms with Gasteiger partial charge in [0.15, 0.2) is 5.84 Å². The molecule has 16 heavy (non-hydrogen) atoms. The predicted molar refractivity (Wildman–Crippen MR) is 65.8 cm³/mol. The number of hydrogen-bond donors (Lipinski definition) is 1. The van der Waals surface area contributed by atoms with Crippen LogP contribution < -0.4 is 0 Å². The van der Waals surface area contributed by atoms with Gasteiger partial charge in [-0.2, -0.15) is 0 Å². The highest BCUT2D eigenvalue weighted by Crippen LogP contribution is 2.16. The third-order valence-corrected chi connectivity index (χ3v) is 2.04. The molecule has 2 nitrogen and oxygen atoms in total. The van der Waals surface area contributed by atoms with Gasteiger partial charge in [-0.25, -0.2) is 9.38 Å². The molecule has 0 spiro atoms. The normalized spacial score (nSPS) is 12.0. The minimum atomic E-state index is -0.296. The maximum absolute atomic E-state index is 12.6. The molecule has 0 heterocycles. The zero-order valence-corrected chi connectivity index (χ0v) is 9.92. The topological polar surface area (TPSA) is 36.2 Å². The van der Waals surface area contributed by atoms with Gasteiger partial charge in [-0.3, -0.25) is 5.41 Å². The molecule has 1 aromatic carbocycles. The monoisotopic (exact) mass is 220 g/mol. The van der Waals surface area contributed by atoms with Crippen molar-refractivity contribution in [2.24, 2.45) is 10.4 Å². The van der Waals surface area contributed by atoms with Gasteiger partial charge in [-0.15, -0.1) is 0 Å². The fourth-order valence-electron chi connectivity index (χ4n) is 1.09. The summed E-state index contributed by atoms with van der Waals surface area (Å²) in [7, 11) is 0. The van der Waals surface area contributed by atoms with E-state index in [1.54, 1.807) is 18.3 Å². The summed E-state index contributed by atoms with van der Waals surface area (Å²) < 4.78 is 12.6. The van der Waals surface area contributed by atoms with E-state index in [9.17, 15) is 4.39 Å². The summed E-state index contributed by atoms with van der Waals surface area (Å²) in [5, 5.41) is 7.69. The lowest BCUT2D eigenvalue weighted by Gasteiger charge is -2.13. The second kappa shape index (κ2) is 5.01. The van der Waals surface area contributed by atoms with Gasteiger partial charge >= 0.3 is 0 Å². The number of halogens is 1. The number of rotatable bonds is 2. The molecule has 0 radical (unpaired) electrons. The van der Waals surface area contributed by atoms with E-state index in [4.69, 9.17) is 5.41 Å². The highest BCUT2D eigenvalue weighted by molar-refractivity contribution is 6.00. The van der Waals surface area contributed by atoms with Crippen LogP contribution in [0.1, 0.15) is 32.8 Å². The molecule has 0 unspecified atom stereocenters. The van der Waals surface area contributed by atoms with Crippen molar-refractivity contribution in [1.82, 2.24) is 0 Å². The maximum atomic E-state index is 12.6. The van der Waals surface area contributed by atoms with Gasteiger partial charge in [0.1, 0.15) is 5.82 Å². The van der Waals surface area contributed by atoms with Crippen molar-refractivity contribution in [3.05, 3.63) is 35.6 Å². The number of amidine groups is 1. The maximum Gasteiger partial charge on any atom is 0.151 e. The van der Waals surface area contributed by atoms with Crippen LogP contribution in [0.4, 0.5) is 4.39 Å². The molecule has 0 saturated carbocycles. The van der Waals surface area contributed by atoms with E-state index in [0.29, 0.717) is 5.56 Å². The Hall–Kier alpha value is -1.51. The van der Waals surface area contributed by atoms with Crippen LogP contribution in [-0.4, -0.2) is 12.1 Å². The fraction of sp³-hybridized carbons (Fsp3) is 0.385. The van der Waals surface area contributed by atoms with Crippen molar-refractivity contribution in [2.75, 3.05) is 0 Å². The van der Waals surface area contributed by atoms with Crippen molar-refractivity contribution >= 4 is 12.1 Å². The molecular formula is C13H17FN2. The van der Waals surface area contributed by atoms with E-state index in [0.717, 1.165) is 6.42 Å². The molecule has 0 aliphatic carbocycles. The smallest absolute Gasteiger partial charge is 0.151 e. The molecule has 3 heteroatoms. The van der Waals surface area contributed by atoms with Crippen molar-refractivity contribution in [1.29, 1.82) is 5.41 Å². The van der Waals surface area contributed by atoms with Crippen molar-refractivity contribution in [3.63, 3.8) is 0 Å². The second-order valence-corrected chi connectivity index (χ2v) is 4.93. The summed E-state index contributed by atoms with van der Waals surface area (Å²) in [5.74, 6) is -0.125. The van der Waals surface area contributed by atoms with Gasteiger partial charge in [0.25, 0.3) is 0 Å². The number of nitrogens with one attached hydrogen (secondary N) is 1. The lowest BCUT2D eigenvalue weighted by atomic mass is 9.93. The van der Waals surface area contributed by atoms with Crippen LogP contribution in [0.2, 0.25) is 0 Å². The van der Waals surface area contributed by atoms with Gasteiger partial charge in [0, 0.05) is 11.8 Å². The second-order valence-electron chi connectivity index (χ2n) is 4.93. The Bertz CT molecular complexity index is 385. The van der Waals surface area contributed by atoms with Gasteiger partial charge in [-0.05, 0) is 36.1 Å². The molecule has 0 aromatic heterocycles. The zero-order valence-electron chi connectivity index (χ0n) is 9.92. The molecule has 0 amide bonds. The summed E-state index contributed by atoms with van der Waals surface area (Å²) in [6.45, 7) is 6.33. The summed E-state index contributed by atoms with van der Waals surface area (Å²) in [6.07, 6.45) is 2.56. The number of benzene rings is 1. The molecule has 0 saturated heterocycles. The molecule has 86 valence electrons. The molecule has 1 N–H and O–H groups in total. The summed E-state index contributed by atoms with van der Waals surface area (Å²) in [4.78, 5) is 4.05. The Morgan fingerprint density at radius 3 is 2.38 bits per heavy atom. The quantitative estimate of drug-likeness (QED) is 0.583. The van der Waals surface area contributed by atoms with E-state index < -0.39 is 0 Å². The van der Waals surface area contributed by atoms with Crippen LogP contribution in [0, 0.1) is 16.6 Å². The van der Waals surface area contributed by atoms with Crippen LogP contribution >= 0.6 is 0 Å². The van der Waals surface area contributed by atoms with Crippen molar-refractivity contribution < 1.29 is 4.39 Å². The molecule has 1 aromatic rings. The average Bonchev–Trinajstić information content (AvgIpc) is 2.16. The molecule has 1 rings (SSSR count). The van der Waals surface area contributed by atoms with Gasteiger partial charge in [0.2, 0.25) is 0 Å². The summed E-state index contributed by atoms with van der Waals surface area (Å²) in [5.41, 5.74) is 0.804. The Balaban J connectivity index is 2.62. The zero-order chi connectivity index (χ0) is 12.2. The van der Waals surface area contributed by atoms with E-state index in [2.05, 4.69) is 25.8 Å². The van der Waals surface area contributed by atoms with E-state index in [1.807, 2.05) is 0 Å². The van der Waals surface area contributed by atoms with Gasteiger partial charge in [0.05, 0.1) is 0 Å². The third kappa shape index (κ3) is 4.34. The lowest BCUT2D eigenvalue weighted by molar-refractivity contribution is 0.438. The summed E-state index contributed by atoms with van der Waals surface area (Å²) >= 11 is 0. The van der Waals surface area contributed by atoms with Crippen LogP contribution in [0.3, 0.4) is 0 Å². The fourth-order valence-corrected chi connectivity index (χ4v) is 1.09. The lowest BCUT2D eigenvalue weighted by Crippen LogP contribution is -2.06. The Morgan fingerprint density at radius 1 is 1.31 bits per heavy atom. The SMILES string of the molecule is CC(C)(C)C/C=N/C(=N)c1ccc(F)cc1. The average molecular weight is 220 g/mol. The summed E-state index contributed by atoms with van der Waals surface area (Å²) in [6, 6.07) is 5.80. The highest BCUT2D eigenvalue weighted by Gasteiger charge is 2.07. The first-order valence-electron chi connectivity index (χ1n) is 5.25. The van der Waals surface area contributed by atoms with Crippen LogP contribution in [0.25, 0.3) is 0 Å². The first-order valence-corrected chi connectivity index (χ1v) is 5.25. The molecule has 0 aliphatic heterocycles. The number of nitrogens with zero attached hydrogens (tertiary/aromatic N) is 1. The highest BCUT2D eigenvalue weighted by atomic mass is 19.1. The standard InChI is InChI=1S/C13H17FN2/c1-13(2,3)8-9-16-12(15)10-4-6-11(14)7-5-10/h4-7,9,15H,8H2,1-3H3/b15-12?,16-9+. The van der Waals surface area contributed by atoms with Crippen LogP contribution in [0.15, 0.2) is 29.3 Å². The Morgan fingerprint density at radius 2 is 1.88 bits per heavy atom. The number of hydrogen-bond acceptors (Lipinski definition) is 1. The van der Waals surface area contributed by atoms with Gasteiger partial charge in [-0.1, -0.05) is 20.8 Å². The van der Waals surface area contributed by atoms with E-state index in [1.165, 1.54) is 12.1 Å². The largest absolute Gasteiger partial charge is 0.282 e. The van der Waals surface area contributed by atoms with Gasteiger partial charge < -0.3 is 0 Å². The molecule has 0 bridgehead atoms. The first-order chi connectivity index (χ1) is 7.38. The molecule has 0 fully saturated rings. The van der Waals surface area contributed by atoms with Crippen molar-refractivity contribution in [2.45, 2.75) is 27.2 Å². The molecular weight excluding hydrogens is 203 g/mol. The third-order valence-electron chi connectivity index (χ3n) is 2.04. The predicted octanol–water partition coefficient (Wildman–Crippen LogP) is 3.66. The van der Waals surface area contributed by atoms with Crippen LogP contribution in [0.5, 0.6) is 0 Å². The first kappa shape index (κ1) is 12.6. The minimum absolute atomic E-state index is 0.171. The van der Waals surface area contributed by atoms with Crippen LogP contribution in [-0.2, 0) is 0 Å². The Labute approximate surface area is 95.7 Å². The number of aliphatic imine (C=N–C) groups is 1.